The van der Waals surface area contributed by atoms with Crippen LogP contribution >= 0.6 is 12.6 Å². The van der Waals surface area contributed by atoms with E-state index in [2.05, 4.69) is 30.6 Å². The molecule has 0 saturated carbocycles. The summed E-state index contributed by atoms with van der Waals surface area (Å²) in [6.07, 6.45) is 7.28. The number of carbonyl (C=O) groups excluding carboxylic acids is 2. The van der Waals surface area contributed by atoms with Crippen molar-refractivity contribution >= 4 is 24.3 Å². The lowest BCUT2D eigenvalue weighted by molar-refractivity contribution is -0.119. The number of hydrogen-bond acceptors (Lipinski definition) is 3. The molecule has 4 heteroatoms. The van der Waals surface area contributed by atoms with Gasteiger partial charge in [-0.1, -0.05) is 13.3 Å². The molecule has 0 aliphatic carbocycles. The lowest BCUT2D eigenvalue weighted by Crippen LogP contribution is -2.31. The maximum Gasteiger partial charge on any atom is 0.216 e. The van der Waals surface area contributed by atoms with E-state index < -0.39 is 5.25 Å². The zero-order valence-corrected chi connectivity index (χ0v) is 11.4. The van der Waals surface area contributed by atoms with Gasteiger partial charge in [0.05, 0.1) is 5.25 Å². The molecular formula is C13H21NO2S. The Hall–Kier alpha value is -0.990. The number of carbonyl (C=O) groups is 2. The van der Waals surface area contributed by atoms with Crippen LogP contribution in [-0.4, -0.2) is 23.5 Å². The second kappa shape index (κ2) is 10.2. The standard InChI is InChI=1S/C13H21NO2S/c1-3-4-5-6-7-8-9-12(16)13(17)10-14-11(2)15/h6,8,13,17H,3-5,9-10H2,1-2H3,(H,14,15)/t7?,13-/m0/s1. The van der Waals surface area contributed by atoms with E-state index in [1.54, 1.807) is 6.08 Å². The molecule has 96 valence electrons. The molecule has 1 amide bonds. The zero-order chi connectivity index (χ0) is 13.1. The van der Waals surface area contributed by atoms with E-state index >= 15 is 0 Å². The average molecular weight is 255 g/mol. The minimum Gasteiger partial charge on any atom is -0.355 e. The molecule has 0 unspecified atom stereocenters. The molecule has 0 fully saturated rings. The molecule has 3 nitrogen and oxygen atoms in total. The second-order valence-corrected chi connectivity index (χ2v) is 4.46. The maximum absolute atomic E-state index is 11.5. The minimum atomic E-state index is -0.437. The summed E-state index contributed by atoms with van der Waals surface area (Å²) in [6, 6.07) is 0. The molecule has 0 aromatic carbocycles. The normalized spacial score (nSPS) is 11.2. The fraction of sp³-hybridized carbons (Fsp3) is 0.615. The van der Waals surface area contributed by atoms with Gasteiger partial charge in [-0.3, -0.25) is 9.59 Å². The van der Waals surface area contributed by atoms with Crippen molar-refractivity contribution in [2.75, 3.05) is 6.54 Å². The third kappa shape index (κ3) is 9.91. The van der Waals surface area contributed by atoms with Crippen molar-refractivity contribution in [1.29, 1.82) is 0 Å². The van der Waals surface area contributed by atoms with Crippen LogP contribution in [0.4, 0.5) is 0 Å². The second-order valence-electron chi connectivity index (χ2n) is 3.84. The zero-order valence-electron chi connectivity index (χ0n) is 10.5. The number of hydrogen-bond donors (Lipinski definition) is 2. The molecule has 0 saturated heterocycles. The molecule has 0 aliphatic heterocycles. The van der Waals surface area contributed by atoms with Gasteiger partial charge in [0.15, 0.2) is 5.78 Å². The summed E-state index contributed by atoms with van der Waals surface area (Å²) in [4.78, 5) is 22.2. The highest BCUT2D eigenvalue weighted by atomic mass is 32.1. The summed E-state index contributed by atoms with van der Waals surface area (Å²) >= 11 is 4.14. The summed E-state index contributed by atoms with van der Waals surface area (Å²) in [7, 11) is 0. The third-order valence-corrected chi connectivity index (χ3v) is 2.63. The van der Waals surface area contributed by atoms with Crippen molar-refractivity contribution < 1.29 is 9.59 Å². The molecular weight excluding hydrogens is 234 g/mol. The first-order chi connectivity index (χ1) is 8.07. The molecule has 0 aliphatic rings. The lowest BCUT2D eigenvalue weighted by atomic mass is 10.2. The molecule has 17 heavy (non-hydrogen) atoms. The predicted octanol–water partition coefficient (Wildman–Crippen LogP) is 2.28. The Balaban J connectivity index is 3.84. The predicted molar refractivity (Wildman–Crippen MR) is 73.3 cm³/mol. The van der Waals surface area contributed by atoms with Gasteiger partial charge in [0, 0.05) is 19.9 Å². The van der Waals surface area contributed by atoms with E-state index in [0.717, 1.165) is 19.3 Å². The summed E-state index contributed by atoms with van der Waals surface area (Å²) in [5.74, 6) is -0.148. The van der Waals surface area contributed by atoms with Crippen LogP contribution in [-0.2, 0) is 9.59 Å². The molecule has 0 heterocycles. The Morgan fingerprint density at radius 3 is 2.71 bits per heavy atom. The monoisotopic (exact) mass is 255 g/mol. The molecule has 0 rings (SSSR count). The van der Waals surface area contributed by atoms with Crippen LogP contribution < -0.4 is 5.32 Å². The summed E-state index contributed by atoms with van der Waals surface area (Å²) in [5, 5.41) is 2.13. The highest BCUT2D eigenvalue weighted by Crippen LogP contribution is 2.00. The Labute approximate surface area is 109 Å². The smallest absolute Gasteiger partial charge is 0.216 e. The Morgan fingerprint density at radius 2 is 2.12 bits per heavy atom. The number of nitrogens with one attached hydrogen (secondary N) is 1. The van der Waals surface area contributed by atoms with Gasteiger partial charge in [-0.25, -0.2) is 0 Å². The van der Waals surface area contributed by atoms with Gasteiger partial charge in [0.25, 0.3) is 0 Å². The maximum atomic E-state index is 11.5. The van der Waals surface area contributed by atoms with Gasteiger partial charge in [0.1, 0.15) is 0 Å². The van der Waals surface area contributed by atoms with E-state index in [9.17, 15) is 9.59 Å². The fourth-order valence-corrected chi connectivity index (χ4v) is 1.32. The first-order valence-corrected chi connectivity index (χ1v) is 6.44. The molecule has 0 spiro atoms. The van der Waals surface area contributed by atoms with E-state index in [0.29, 0.717) is 6.42 Å². The largest absolute Gasteiger partial charge is 0.355 e. The quantitative estimate of drug-likeness (QED) is 0.397. The van der Waals surface area contributed by atoms with Crippen LogP contribution in [0.1, 0.15) is 39.5 Å². The van der Waals surface area contributed by atoms with Crippen molar-refractivity contribution in [3.8, 4) is 0 Å². The third-order valence-electron chi connectivity index (χ3n) is 2.16. The van der Waals surface area contributed by atoms with Crippen molar-refractivity contribution in [3.63, 3.8) is 0 Å². The van der Waals surface area contributed by atoms with E-state index in [-0.39, 0.29) is 18.2 Å². The number of allylic oxidation sites excluding steroid dienone is 1. The lowest BCUT2D eigenvalue weighted by Gasteiger charge is -2.07. The Kier molecular flexibility index (Phi) is 9.59. The molecule has 0 aromatic heterocycles. The van der Waals surface area contributed by atoms with Crippen molar-refractivity contribution in [2.24, 2.45) is 0 Å². The van der Waals surface area contributed by atoms with Crippen molar-refractivity contribution in [2.45, 2.75) is 44.8 Å². The molecule has 1 N–H and O–H groups in total. The first-order valence-electron chi connectivity index (χ1n) is 5.92. The first kappa shape index (κ1) is 16.0. The van der Waals surface area contributed by atoms with Crippen LogP contribution in [0.15, 0.2) is 17.9 Å². The number of unbranched alkanes of at least 4 members (excludes halogenated alkanes) is 2. The number of thiol groups is 1. The topological polar surface area (TPSA) is 46.2 Å². The molecule has 1 atom stereocenters. The number of rotatable bonds is 8. The van der Waals surface area contributed by atoms with Crippen LogP contribution in [0, 0.1) is 0 Å². The van der Waals surface area contributed by atoms with Gasteiger partial charge in [-0.05, 0) is 25.0 Å². The van der Waals surface area contributed by atoms with Gasteiger partial charge >= 0.3 is 0 Å². The molecule has 0 bridgehead atoms. The number of ketones is 1. The minimum absolute atomic E-state index is 0.00141. The van der Waals surface area contributed by atoms with Gasteiger partial charge < -0.3 is 5.32 Å². The summed E-state index contributed by atoms with van der Waals surface area (Å²) < 4.78 is 0. The fourth-order valence-electron chi connectivity index (χ4n) is 1.12. The van der Waals surface area contributed by atoms with Gasteiger partial charge in [-0.2, -0.15) is 12.6 Å². The van der Waals surface area contributed by atoms with Crippen LogP contribution in [0.3, 0.4) is 0 Å². The molecule has 0 radical (unpaired) electrons. The van der Waals surface area contributed by atoms with Gasteiger partial charge in [-0.15, -0.1) is 5.73 Å². The summed E-state index contributed by atoms with van der Waals surface area (Å²) in [5.41, 5.74) is 2.98. The highest BCUT2D eigenvalue weighted by molar-refractivity contribution is 7.81. The SMILES string of the molecule is CCCCC=C=CCC(=O)[C@@H](S)CNC(C)=O. The molecule has 0 aromatic rings. The van der Waals surface area contributed by atoms with Crippen LogP contribution in [0.5, 0.6) is 0 Å². The van der Waals surface area contributed by atoms with E-state index in [4.69, 9.17) is 0 Å². The van der Waals surface area contributed by atoms with E-state index in [1.807, 2.05) is 6.08 Å². The van der Waals surface area contributed by atoms with Gasteiger partial charge in [0.2, 0.25) is 5.91 Å². The van der Waals surface area contributed by atoms with Crippen molar-refractivity contribution in [3.05, 3.63) is 17.9 Å². The van der Waals surface area contributed by atoms with E-state index in [1.165, 1.54) is 6.92 Å². The number of amides is 1. The summed E-state index contributed by atoms with van der Waals surface area (Å²) in [6.45, 7) is 3.83. The van der Waals surface area contributed by atoms with Crippen LogP contribution in [0.2, 0.25) is 0 Å². The average Bonchev–Trinajstić information content (AvgIpc) is 2.30. The van der Waals surface area contributed by atoms with Crippen LogP contribution in [0.25, 0.3) is 0 Å². The number of Topliss-reactive ketones (excluding diaryl/α,β-unsaturated/α-hetero) is 1. The van der Waals surface area contributed by atoms with Crippen molar-refractivity contribution in [1.82, 2.24) is 5.32 Å². The Morgan fingerprint density at radius 1 is 1.41 bits per heavy atom. The Bertz CT molecular complexity index is 307. The highest BCUT2D eigenvalue weighted by Gasteiger charge is 2.11.